The van der Waals surface area contributed by atoms with Gasteiger partial charge in [-0.2, -0.15) is 0 Å². The molecule has 0 bridgehead atoms. The van der Waals surface area contributed by atoms with Crippen LogP contribution in [0.4, 0.5) is 0 Å². The highest BCUT2D eigenvalue weighted by atomic mass is 35.5. The number of carbonyl (C=O) groups is 2. The second-order valence-electron chi connectivity index (χ2n) is 7.71. The van der Waals surface area contributed by atoms with Crippen molar-refractivity contribution >= 4 is 24.2 Å². The fraction of sp³-hybridized carbons (Fsp3) is 0.889. The molecule has 0 aliphatic carbocycles. The van der Waals surface area contributed by atoms with Crippen LogP contribution in [0.25, 0.3) is 0 Å². The Morgan fingerprint density at radius 2 is 1.92 bits per heavy atom. The Bertz CT molecular complexity index is 427. The normalized spacial score (nSPS) is 25.3. The summed E-state index contributed by atoms with van der Waals surface area (Å²) >= 11 is 0. The van der Waals surface area contributed by atoms with Crippen LogP contribution in [0.3, 0.4) is 0 Å². The Kier molecular flexibility index (Phi) is 9.75. The van der Waals surface area contributed by atoms with Gasteiger partial charge in [0.2, 0.25) is 11.8 Å². The first-order chi connectivity index (χ1) is 11.5. The molecule has 2 saturated heterocycles. The Balaban J connectivity index is 0.00000312. The van der Waals surface area contributed by atoms with Crippen LogP contribution in [0, 0.1) is 11.8 Å². The molecule has 0 aromatic rings. The van der Waals surface area contributed by atoms with Crippen LogP contribution >= 0.6 is 12.4 Å². The van der Waals surface area contributed by atoms with Crippen LogP contribution in [-0.2, 0) is 9.59 Å². The SMILES string of the molecule is CC(C)CNC(=O)C(C)N1CCCC(CNC(=O)C2CCCN2)C1.Cl. The van der Waals surface area contributed by atoms with E-state index in [0.29, 0.717) is 18.4 Å². The Morgan fingerprint density at radius 1 is 1.16 bits per heavy atom. The zero-order valence-corrected chi connectivity index (χ0v) is 16.7. The van der Waals surface area contributed by atoms with Gasteiger partial charge in [0.25, 0.3) is 0 Å². The van der Waals surface area contributed by atoms with Gasteiger partial charge in [-0.25, -0.2) is 0 Å². The highest BCUT2D eigenvalue weighted by Crippen LogP contribution is 2.18. The average Bonchev–Trinajstić information content (AvgIpc) is 3.11. The molecule has 146 valence electrons. The number of nitrogens with one attached hydrogen (secondary N) is 3. The molecule has 0 saturated carbocycles. The van der Waals surface area contributed by atoms with E-state index in [4.69, 9.17) is 0 Å². The monoisotopic (exact) mass is 374 g/mol. The molecule has 3 N–H and O–H groups in total. The minimum atomic E-state index is -0.0984. The summed E-state index contributed by atoms with van der Waals surface area (Å²) in [6, 6.07) is -0.107. The molecule has 2 aliphatic heterocycles. The highest BCUT2D eigenvalue weighted by Gasteiger charge is 2.28. The highest BCUT2D eigenvalue weighted by molar-refractivity contribution is 5.85. The summed E-state index contributed by atoms with van der Waals surface area (Å²) in [4.78, 5) is 26.6. The number of hydrogen-bond donors (Lipinski definition) is 3. The van der Waals surface area contributed by atoms with Gasteiger partial charge in [-0.1, -0.05) is 13.8 Å². The van der Waals surface area contributed by atoms with Crippen molar-refractivity contribution in [2.45, 2.75) is 58.5 Å². The van der Waals surface area contributed by atoms with Gasteiger partial charge in [-0.3, -0.25) is 14.5 Å². The fourth-order valence-corrected chi connectivity index (χ4v) is 3.51. The van der Waals surface area contributed by atoms with Gasteiger partial charge < -0.3 is 16.0 Å². The first-order valence-corrected chi connectivity index (χ1v) is 9.50. The second kappa shape index (κ2) is 11.0. The lowest BCUT2D eigenvalue weighted by Crippen LogP contribution is -2.51. The van der Waals surface area contributed by atoms with Crippen molar-refractivity contribution in [3.63, 3.8) is 0 Å². The van der Waals surface area contributed by atoms with Gasteiger partial charge in [0.05, 0.1) is 12.1 Å². The molecule has 3 unspecified atom stereocenters. The van der Waals surface area contributed by atoms with Gasteiger partial charge in [0.1, 0.15) is 0 Å². The number of carbonyl (C=O) groups excluding carboxylic acids is 2. The first kappa shape index (κ1) is 22.2. The number of piperidine rings is 1. The topological polar surface area (TPSA) is 73.5 Å². The molecule has 25 heavy (non-hydrogen) atoms. The quantitative estimate of drug-likeness (QED) is 0.625. The van der Waals surface area contributed by atoms with Crippen molar-refractivity contribution in [1.29, 1.82) is 0 Å². The summed E-state index contributed by atoms with van der Waals surface area (Å²) in [5.41, 5.74) is 0. The lowest BCUT2D eigenvalue weighted by atomic mass is 9.96. The summed E-state index contributed by atoms with van der Waals surface area (Å²) in [6.45, 7) is 10.4. The first-order valence-electron chi connectivity index (χ1n) is 9.50. The fourth-order valence-electron chi connectivity index (χ4n) is 3.51. The molecule has 0 aromatic heterocycles. The predicted octanol–water partition coefficient (Wildman–Crippen LogP) is 1.15. The molecule has 0 radical (unpaired) electrons. The third-order valence-electron chi connectivity index (χ3n) is 5.10. The van der Waals surface area contributed by atoms with E-state index in [1.54, 1.807) is 0 Å². The lowest BCUT2D eigenvalue weighted by Gasteiger charge is -2.36. The predicted molar refractivity (Wildman–Crippen MR) is 103 cm³/mol. The van der Waals surface area contributed by atoms with Crippen LogP contribution < -0.4 is 16.0 Å². The molecular weight excluding hydrogens is 340 g/mol. The molecule has 3 atom stereocenters. The second-order valence-corrected chi connectivity index (χ2v) is 7.71. The largest absolute Gasteiger partial charge is 0.354 e. The van der Waals surface area contributed by atoms with Gasteiger partial charge in [-0.05, 0) is 57.5 Å². The number of amides is 2. The van der Waals surface area contributed by atoms with Crippen LogP contribution in [0.2, 0.25) is 0 Å². The average molecular weight is 375 g/mol. The van der Waals surface area contributed by atoms with Crippen molar-refractivity contribution in [2.24, 2.45) is 11.8 Å². The van der Waals surface area contributed by atoms with Gasteiger partial charge in [0.15, 0.2) is 0 Å². The van der Waals surface area contributed by atoms with E-state index in [9.17, 15) is 9.59 Å². The number of halogens is 1. The number of nitrogens with zero attached hydrogens (tertiary/aromatic N) is 1. The molecular formula is C18H35ClN4O2. The maximum absolute atomic E-state index is 12.3. The molecule has 2 amide bonds. The van der Waals surface area contributed by atoms with E-state index >= 15 is 0 Å². The van der Waals surface area contributed by atoms with E-state index in [1.807, 2.05) is 6.92 Å². The van der Waals surface area contributed by atoms with E-state index < -0.39 is 0 Å². The van der Waals surface area contributed by atoms with E-state index in [0.717, 1.165) is 51.9 Å². The maximum Gasteiger partial charge on any atom is 0.237 e. The lowest BCUT2D eigenvalue weighted by molar-refractivity contribution is -0.127. The van der Waals surface area contributed by atoms with Gasteiger partial charge >= 0.3 is 0 Å². The summed E-state index contributed by atoms with van der Waals surface area (Å²) in [6.07, 6.45) is 4.23. The summed E-state index contributed by atoms with van der Waals surface area (Å²) in [5.74, 6) is 1.15. The zero-order valence-electron chi connectivity index (χ0n) is 15.8. The Hall–Kier alpha value is -0.850. The summed E-state index contributed by atoms with van der Waals surface area (Å²) in [5, 5.41) is 9.35. The molecule has 2 rings (SSSR count). The maximum atomic E-state index is 12.3. The standard InChI is InChI=1S/C18H34N4O2.ClH/c1-13(2)10-20-17(23)14(3)22-9-5-6-15(12-22)11-21-18(24)16-7-4-8-19-16;/h13-16,19H,4-12H2,1-3H3,(H,20,23)(H,21,24);1H. The smallest absolute Gasteiger partial charge is 0.237 e. The van der Waals surface area contributed by atoms with Crippen molar-refractivity contribution in [3.05, 3.63) is 0 Å². The van der Waals surface area contributed by atoms with Crippen molar-refractivity contribution in [1.82, 2.24) is 20.9 Å². The van der Waals surface area contributed by atoms with E-state index in [2.05, 4.69) is 34.7 Å². The van der Waals surface area contributed by atoms with E-state index in [1.165, 1.54) is 0 Å². The molecule has 2 heterocycles. The molecule has 2 fully saturated rings. The number of rotatable bonds is 7. The van der Waals surface area contributed by atoms with E-state index in [-0.39, 0.29) is 36.3 Å². The van der Waals surface area contributed by atoms with Crippen LogP contribution in [0.5, 0.6) is 0 Å². The molecule has 6 nitrogen and oxygen atoms in total. The van der Waals surface area contributed by atoms with Crippen molar-refractivity contribution in [2.75, 3.05) is 32.7 Å². The van der Waals surface area contributed by atoms with Crippen LogP contribution in [-0.4, -0.2) is 61.5 Å². The van der Waals surface area contributed by atoms with Crippen molar-refractivity contribution in [3.8, 4) is 0 Å². The molecule has 0 spiro atoms. The summed E-state index contributed by atoms with van der Waals surface area (Å²) in [7, 11) is 0. The van der Waals surface area contributed by atoms with Gasteiger partial charge in [0, 0.05) is 19.6 Å². The third kappa shape index (κ3) is 7.12. The minimum Gasteiger partial charge on any atom is -0.354 e. The molecule has 7 heteroatoms. The van der Waals surface area contributed by atoms with Gasteiger partial charge in [-0.15, -0.1) is 12.4 Å². The third-order valence-corrected chi connectivity index (χ3v) is 5.10. The van der Waals surface area contributed by atoms with Crippen LogP contribution in [0.15, 0.2) is 0 Å². The summed E-state index contributed by atoms with van der Waals surface area (Å²) < 4.78 is 0. The van der Waals surface area contributed by atoms with Crippen molar-refractivity contribution < 1.29 is 9.59 Å². The minimum absolute atomic E-state index is 0. The Morgan fingerprint density at radius 3 is 2.56 bits per heavy atom. The molecule has 2 aliphatic rings. The Labute approximate surface area is 158 Å². The molecule has 0 aromatic carbocycles. The number of likely N-dealkylation sites (tertiary alicyclic amines) is 1. The number of hydrogen-bond acceptors (Lipinski definition) is 4. The van der Waals surface area contributed by atoms with Crippen LogP contribution in [0.1, 0.15) is 46.5 Å². The zero-order chi connectivity index (χ0) is 17.5.